The number of aliphatic hydroxyl groups excluding tert-OH is 1. The molecule has 6 nitrogen and oxygen atoms in total. The Labute approximate surface area is 205 Å². The molecule has 0 radical (unpaired) electrons. The Morgan fingerprint density at radius 3 is 2.29 bits per heavy atom. The number of nitrogens with zero attached hydrogens (tertiary/aromatic N) is 1. The standard InChI is InChI=1S/C29H29NO5/c1-17(2)35-22-10-8-9-20(16-22)26-25(27(31)23-11-6-7-12-24(23)34-5)28(32)29(33)30(26)21-14-18(3)13-19(4)15-21/h6-17,26,31H,1-5H3/b27-25+. The highest BCUT2D eigenvalue weighted by Crippen LogP contribution is 2.44. The number of hydrogen-bond acceptors (Lipinski definition) is 5. The number of ketones is 1. The minimum atomic E-state index is -0.850. The van der Waals surface area contributed by atoms with Gasteiger partial charge in [-0.1, -0.05) is 30.3 Å². The molecule has 1 saturated heterocycles. The van der Waals surface area contributed by atoms with Gasteiger partial charge in [-0.25, -0.2) is 0 Å². The monoisotopic (exact) mass is 471 g/mol. The Kier molecular flexibility index (Phi) is 6.65. The van der Waals surface area contributed by atoms with Crippen LogP contribution in [0.2, 0.25) is 0 Å². The van der Waals surface area contributed by atoms with Gasteiger partial charge < -0.3 is 14.6 Å². The molecule has 1 aliphatic rings. The van der Waals surface area contributed by atoms with Gasteiger partial charge in [0.1, 0.15) is 17.3 Å². The lowest BCUT2D eigenvalue weighted by Gasteiger charge is -2.26. The Bertz CT molecular complexity index is 1300. The quantitative estimate of drug-likeness (QED) is 0.282. The summed E-state index contributed by atoms with van der Waals surface area (Å²) in [5.74, 6) is -0.730. The van der Waals surface area contributed by atoms with E-state index in [0.29, 0.717) is 28.3 Å². The van der Waals surface area contributed by atoms with Crippen LogP contribution in [0.1, 0.15) is 42.1 Å². The number of para-hydroxylation sites is 1. The predicted molar refractivity (Wildman–Crippen MR) is 136 cm³/mol. The topological polar surface area (TPSA) is 76.1 Å². The van der Waals surface area contributed by atoms with Gasteiger partial charge in [0.25, 0.3) is 11.7 Å². The molecule has 1 fully saturated rings. The molecular formula is C29H29NO5. The maximum absolute atomic E-state index is 13.4. The lowest BCUT2D eigenvalue weighted by Crippen LogP contribution is -2.29. The molecule has 180 valence electrons. The third-order valence-electron chi connectivity index (χ3n) is 5.84. The third kappa shape index (κ3) is 4.64. The predicted octanol–water partition coefficient (Wildman–Crippen LogP) is 5.73. The fourth-order valence-electron chi connectivity index (χ4n) is 4.52. The second-order valence-electron chi connectivity index (χ2n) is 8.95. The minimum absolute atomic E-state index is 0.000330. The fourth-order valence-corrected chi connectivity index (χ4v) is 4.52. The summed E-state index contributed by atoms with van der Waals surface area (Å²) in [6.45, 7) is 7.73. The van der Waals surface area contributed by atoms with E-state index in [1.54, 1.807) is 24.3 Å². The van der Waals surface area contributed by atoms with Gasteiger partial charge in [0.15, 0.2) is 0 Å². The van der Waals surface area contributed by atoms with E-state index < -0.39 is 17.7 Å². The van der Waals surface area contributed by atoms with Crippen LogP contribution in [0.3, 0.4) is 0 Å². The number of aliphatic hydroxyl groups is 1. The van der Waals surface area contributed by atoms with Crippen molar-refractivity contribution in [1.29, 1.82) is 0 Å². The van der Waals surface area contributed by atoms with Crippen molar-refractivity contribution in [2.75, 3.05) is 12.0 Å². The van der Waals surface area contributed by atoms with Gasteiger partial charge in [0, 0.05) is 5.69 Å². The van der Waals surface area contributed by atoms with E-state index in [9.17, 15) is 14.7 Å². The highest BCUT2D eigenvalue weighted by molar-refractivity contribution is 6.51. The number of anilines is 1. The fraction of sp³-hybridized carbons (Fsp3) is 0.241. The number of ether oxygens (including phenoxy) is 2. The van der Waals surface area contributed by atoms with Gasteiger partial charge in [-0.3, -0.25) is 14.5 Å². The van der Waals surface area contributed by atoms with E-state index in [2.05, 4.69) is 0 Å². The average molecular weight is 472 g/mol. The van der Waals surface area contributed by atoms with Crippen LogP contribution in [-0.4, -0.2) is 30.0 Å². The second kappa shape index (κ2) is 9.66. The van der Waals surface area contributed by atoms with Crippen molar-refractivity contribution in [3.8, 4) is 11.5 Å². The number of Topliss-reactive ketones (excluding diaryl/α,β-unsaturated/α-hetero) is 1. The average Bonchev–Trinajstić information content (AvgIpc) is 3.08. The van der Waals surface area contributed by atoms with Gasteiger partial charge in [0.05, 0.1) is 30.4 Å². The van der Waals surface area contributed by atoms with Crippen molar-refractivity contribution in [2.45, 2.75) is 39.8 Å². The molecule has 3 aromatic carbocycles. The van der Waals surface area contributed by atoms with E-state index in [1.807, 2.05) is 70.2 Å². The van der Waals surface area contributed by atoms with Crippen molar-refractivity contribution < 1.29 is 24.2 Å². The number of carbonyl (C=O) groups is 2. The van der Waals surface area contributed by atoms with Crippen LogP contribution in [0.15, 0.2) is 72.3 Å². The summed E-state index contributed by atoms with van der Waals surface area (Å²) in [6, 6.07) is 19.0. The molecule has 6 heteroatoms. The Hall–Kier alpha value is -4.06. The summed E-state index contributed by atoms with van der Waals surface area (Å²) in [5.41, 5.74) is 3.50. The Balaban J connectivity index is 1.98. The van der Waals surface area contributed by atoms with Gasteiger partial charge in [0.2, 0.25) is 0 Å². The zero-order valence-corrected chi connectivity index (χ0v) is 20.5. The molecular weight excluding hydrogens is 442 g/mol. The van der Waals surface area contributed by atoms with Gasteiger partial charge in [-0.05, 0) is 80.8 Å². The summed E-state index contributed by atoms with van der Waals surface area (Å²) in [4.78, 5) is 28.3. The van der Waals surface area contributed by atoms with E-state index in [-0.39, 0.29) is 17.4 Å². The SMILES string of the molecule is COc1ccccc1/C(O)=C1\C(=O)C(=O)N(c2cc(C)cc(C)c2)C1c1cccc(OC(C)C)c1. The maximum Gasteiger partial charge on any atom is 0.300 e. The van der Waals surface area contributed by atoms with Crippen LogP contribution in [-0.2, 0) is 9.59 Å². The molecule has 4 rings (SSSR count). The molecule has 0 spiro atoms. The van der Waals surface area contributed by atoms with E-state index >= 15 is 0 Å². The number of carbonyl (C=O) groups excluding carboxylic acids is 2. The highest BCUT2D eigenvalue weighted by atomic mass is 16.5. The Morgan fingerprint density at radius 2 is 1.63 bits per heavy atom. The summed E-state index contributed by atoms with van der Waals surface area (Å²) in [6.07, 6.45) is -0.0513. The van der Waals surface area contributed by atoms with Crippen LogP contribution < -0.4 is 14.4 Å². The maximum atomic E-state index is 13.4. The first-order chi connectivity index (χ1) is 16.7. The lowest BCUT2D eigenvalue weighted by atomic mass is 9.94. The number of hydrogen-bond donors (Lipinski definition) is 1. The van der Waals surface area contributed by atoms with Crippen LogP contribution >= 0.6 is 0 Å². The lowest BCUT2D eigenvalue weighted by molar-refractivity contribution is -0.132. The number of amides is 1. The van der Waals surface area contributed by atoms with Crippen LogP contribution in [0.25, 0.3) is 5.76 Å². The Morgan fingerprint density at radius 1 is 0.943 bits per heavy atom. The molecule has 1 atom stereocenters. The molecule has 0 bridgehead atoms. The molecule has 0 saturated carbocycles. The second-order valence-corrected chi connectivity index (χ2v) is 8.95. The van der Waals surface area contributed by atoms with Crippen LogP contribution in [0, 0.1) is 13.8 Å². The molecule has 35 heavy (non-hydrogen) atoms. The molecule has 1 heterocycles. The molecule has 1 amide bonds. The van der Waals surface area contributed by atoms with Gasteiger partial charge >= 0.3 is 0 Å². The van der Waals surface area contributed by atoms with Crippen LogP contribution in [0.4, 0.5) is 5.69 Å². The summed E-state index contributed by atoms with van der Waals surface area (Å²) in [7, 11) is 1.49. The first-order valence-corrected chi connectivity index (χ1v) is 11.5. The molecule has 1 unspecified atom stereocenters. The summed E-state index contributed by atoms with van der Waals surface area (Å²) in [5, 5.41) is 11.4. The normalized spacial score (nSPS) is 17.2. The van der Waals surface area contributed by atoms with Crippen molar-refractivity contribution in [3.63, 3.8) is 0 Å². The van der Waals surface area contributed by atoms with Crippen molar-refractivity contribution in [1.82, 2.24) is 0 Å². The van der Waals surface area contributed by atoms with Crippen molar-refractivity contribution in [3.05, 3.63) is 94.6 Å². The van der Waals surface area contributed by atoms with E-state index in [4.69, 9.17) is 9.47 Å². The molecule has 3 aromatic rings. The molecule has 0 aromatic heterocycles. The summed E-state index contributed by atoms with van der Waals surface area (Å²) < 4.78 is 11.3. The largest absolute Gasteiger partial charge is 0.507 e. The first-order valence-electron chi connectivity index (χ1n) is 11.5. The highest BCUT2D eigenvalue weighted by Gasteiger charge is 2.47. The van der Waals surface area contributed by atoms with Crippen molar-refractivity contribution >= 4 is 23.1 Å². The zero-order valence-electron chi connectivity index (χ0n) is 20.5. The van der Waals surface area contributed by atoms with E-state index in [1.165, 1.54) is 12.0 Å². The third-order valence-corrected chi connectivity index (χ3v) is 5.84. The van der Waals surface area contributed by atoms with E-state index in [0.717, 1.165) is 11.1 Å². The summed E-state index contributed by atoms with van der Waals surface area (Å²) >= 11 is 0. The van der Waals surface area contributed by atoms with Crippen LogP contribution in [0.5, 0.6) is 11.5 Å². The minimum Gasteiger partial charge on any atom is -0.507 e. The molecule has 1 N–H and O–H groups in total. The number of rotatable bonds is 6. The van der Waals surface area contributed by atoms with Crippen molar-refractivity contribution in [2.24, 2.45) is 0 Å². The number of aryl methyl sites for hydroxylation is 2. The first kappa shape index (κ1) is 24.1. The molecule has 0 aliphatic carbocycles. The smallest absolute Gasteiger partial charge is 0.300 e. The number of methoxy groups -OCH3 is 1. The van der Waals surface area contributed by atoms with Gasteiger partial charge in [-0.2, -0.15) is 0 Å². The number of benzene rings is 3. The zero-order chi connectivity index (χ0) is 25.3. The molecule has 1 aliphatic heterocycles. The van der Waals surface area contributed by atoms with Gasteiger partial charge in [-0.15, -0.1) is 0 Å².